The number of morpholine rings is 1. The maximum atomic E-state index is 12.2. The largest absolute Gasteiger partial charge is 0.382 e. The molecule has 1 aliphatic heterocycles. The van der Waals surface area contributed by atoms with Crippen LogP contribution in [-0.4, -0.2) is 50.4 Å². The molecule has 0 aliphatic carbocycles. The first-order valence-corrected chi connectivity index (χ1v) is 7.71. The second-order valence-corrected chi connectivity index (χ2v) is 6.45. The monoisotopic (exact) mass is 318 g/mol. The highest BCUT2D eigenvalue weighted by atomic mass is 35.5. The van der Waals surface area contributed by atoms with Crippen LogP contribution in [0.4, 0.5) is 4.79 Å². The lowest BCUT2D eigenvalue weighted by Crippen LogP contribution is -2.51. The zero-order valence-corrected chi connectivity index (χ0v) is 13.2. The number of carbonyl (C=O) groups is 1. The first-order chi connectivity index (χ1) is 9.60. The van der Waals surface area contributed by atoms with Crippen molar-refractivity contribution in [3.63, 3.8) is 0 Å². The molecule has 20 heavy (non-hydrogen) atoms. The van der Waals surface area contributed by atoms with E-state index in [1.54, 1.807) is 12.0 Å². The summed E-state index contributed by atoms with van der Waals surface area (Å²) in [4.78, 5) is 15.0. The van der Waals surface area contributed by atoms with Gasteiger partial charge in [-0.3, -0.25) is 0 Å². The summed E-state index contributed by atoms with van der Waals surface area (Å²) in [6, 6.07) is 3.65. The van der Waals surface area contributed by atoms with Crippen LogP contribution in [0.3, 0.4) is 0 Å². The summed E-state index contributed by atoms with van der Waals surface area (Å²) in [5, 5.41) is 2.98. The molecule has 1 fully saturated rings. The second kappa shape index (κ2) is 7.26. The Kier molecular flexibility index (Phi) is 5.65. The van der Waals surface area contributed by atoms with Gasteiger partial charge in [0.25, 0.3) is 0 Å². The highest BCUT2D eigenvalue weighted by Crippen LogP contribution is 2.26. The van der Waals surface area contributed by atoms with E-state index in [1.165, 1.54) is 11.3 Å². The normalized spacial score (nSPS) is 20.8. The van der Waals surface area contributed by atoms with Crippen molar-refractivity contribution >= 4 is 29.0 Å². The summed E-state index contributed by atoms with van der Waals surface area (Å²) in [7, 11) is 1.63. The lowest BCUT2D eigenvalue weighted by Gasteiger charge is -2.33. The maximum Gasteiger partial charge on any atom is 0.318 e. The number of amides is 2. The van der Waals surface area contributed by atoms with Crippen molar-refractivity contribution in [3.05, 3.63) is 21.3 Å². The number of nitrogens with zero attached hydrogens (tertiary/aromatic N) is 1. The standard InChI is InChI=1S/C13H19ClN2O3S/c1-9(11-3-4-12(14)20-11)15-13(17)16-5-6-19-10(7-16)8-18-2/h3-4,9-10H,5-8H2,1-2H3,(H,15,17)/t9-,10+/m0/s1. The molecular formula is C13H19ClN2O3S. The van der Waals surface area contributed by atoms with Crippen LogP contribution < -0.4 is 5.32 Å². The van der Waals surface area contributed by atoms with Crippen molar-refractivity contribution in [3.8, 4) is 0 Å². The Morgan fingerprint density at radius 1 is 1.70 bits per heavy atom. The smallest absolute Gasteiger partial charge is 0.318 e. The number of hydrogen-bond donors (Lipinski definition) is 1. The number of nitrogens with one attached hydrogen (secondary N) is 1. The summed E-state index contributed by atoms with van der Waals surface area (Å²) in [6.07, 6.45) is -0.0500. The molecule has 1 aliphatic rings. The highest BCUT2D eigenvalue weighted by molar-refractivity contribution is 7.16. The Hall–Kier alpha value is -0.820. The van der Waals surface area contributed by atoms with Crippen molar-refractivity contribution in [2.45, 2.75) is 19.1 Å². The SMILES string of the molecule is COC[C@H]1CN(C(=O)N[C@@H](C)c2ccc(Cl)s2)CCO1. The van der Waals surface area contributed by atoms with Gasteiger partial charge >= 0.3 is 6.03 Å². The second-order valence-electron chi connectivity index (χ2n) is 4.71. The Morgan fingerprint density at radius 3 is 3.15 bits per heavy atom. The van der Waals surface area contributed by atoms with Gasteiger partial charge in [0.1, 0.15) is 0 Å². The van der Waals surface area contributed by atoms with Gasteiger partial charge in [-0.1, -0.05) is 11.6 Å². The van der Waals surface area contributed by atoms with Crippen LogP contribution in [0.15, 0.2) is 12.1 Å². The van der Waals surface area contributed by atoms with Gasteiger partial charge < -0.3 is 19.7 Å². The van der Waals surface area contributed by atoms with Crippen molar-refractivity contribution in [1.82, 2.24) is 10.2 Å². The fraction of sp³-hybridized carbons (Fsp3) is 0.615. The van der Waals surface area contributed by atoms with E-state index in [0.717, 1.165) is 9.21 Å². The minimum atomic E-state index is -0.0774. The number of hydrogen-bond acceptors (Lipinski definition) is 4. The van der Waals surface area contributed by atoms with Crippen molar-refractivity contribution in [2.75, 3.05) is 33.4 Å². The first-order valence-electron chi connectivity index (χ1n) is 6.51. The quantitative estimate of drug-likeness (QED) is 0.928. The third kappa shape index (κ3) is 4.09. The van der Waals surface area contributed by atoms with Gasteiger partial charge in [0.15, 0.2) is 0 Å². The van der Waals surface area contributed by atoms with Crippen LogP contribution in [-0.2, 0) is 9.47 Å². The Labute approximate surface area is 127 Å². The van der Waals surface area contributed by atoms with E-state index in [4.69, 9.17) is 21.1 Å². The molecule has 0 aromatic carbocycles. The van der Waals surface area contributed by atoms with Crippen LogP contribution in [0.1, 0.15) is 17.8 Å². The predicted octanol–water partition coefficient (Wildman–Crippen LogP) is 2.52. The number of thiophene rings is 1. The third-order valence-electron chi connectivity index (χ3n) is 3.14. The number of ether oxygens (including phenoxy) is 2. The molecule has 0 spiro atoms. The molecule has 7 heteroatoms. The summed E-state index contributed by atoms with van der Waals surface area (Å²) in [6.45, 7) is 4.15. The predicted molar refractivity (Wildman–Crippen MR) is 79.5 cm³/mol. The molecule has 1 saturated heterocycles. The Balaban J connectivity index is 1.87. The first kappa shape index (κ1) is 15.6. The number of carbonyl (C=O) groups excluding carboxylic acids is 1. The van der Waals surface area contributed by atoms with Crippen LogP contribution in [0.5, 0.6) is 0 Å². The molecule has 0 bridgehead atoms. The molecule has 1 N–H and O–H groups in total. The molecule has 0 radical (unpaired) electrons. The van der Waals surface area contributed by atoms with Gasteiger partial charge in [-0.25, -0.2) is 4.79 Å². The fourth-order valence-electron chi connectivity index (χ4n) is 2.10. The summed E-state index contributed by atoms with van der Waals surface area (Å²) >= 11 is 7.39. The van der Waals surface area contributed by atoms with Crippen molar-refractivity contribution in [2.24, 2.45) is 0 Å². The number of rotatable bonds is 4. The molecule has 0 saturated carbocycles. The minimum absolute atomic E-state index is 0.0500. The minimum Gasteiger partial charge on any atom is -0.382 e. The lowest BCUT2D eigenvalue weighted by molar-refractivity contribution is -0.0496. The molecule has 0 unspecified atom stereocenters. The molecular weight excluding hydrogens is 300 g/mol. The van der Waals surface area contributed by atoms with Gasteiger partial charge in [0, 0.05) is 18.5 Å². The average Bonchev–Trinajstić information content (AvgIpc) is 2.86. The van der Waals surface area contributed by atoms with Crippen LogP contribution in [0.25, 0.3) is 0 Å². The number of methoxy groups -OCH3 is 1. The average molecular weight is 319 g/mol. The van der Waals surface area contributed by atoms with Gasteiger partial charge in [0.2, 0.25) is 0 Å². The van der Waals surface area contributed by atoms with E-state index in [9.17, 15) is 4.79 Å². The Bertz CT molecular complexity index is 453. The van der Waals surface area contributed by atoms with Crippen molar-refractivity contribution in [1.29, 1.82) is 0 Å². The van der Waals surface area contributed by atoms with Crippen LogP contribution in [0.2, 0.25) is 4.34 Å². The summed E-state index contributed by atoms with van der Waals surface area (Å²) in [5.41, 5.74) is 0. The highest BCUT2D eigenvalue weighted by Gasteiger charge is 2.25. The molecule has 112 valence electrons. The van der Waals surface area contributed by atoms with E-state index in [0.29, 0.717) is 26.3 Å². The number of urea groups is 1. The van der Waals surface area contributed by atoms with E-state index in [2.05, 4.69) is 5.32 Å². The fourth-order valence-corrected chi connectivity index (χ4v) is 3.16. The maximum absolute atomic E-state index is 12.2. The molecule has 5 nitrogen and oxygen atoms in total. The van der Waals surface area contributed by atoms with Gasteiger partial charge in [-0.15, -0.1) is 11.3 Å². The zero-order valence-electron chi connectivity index (χ0n) is 11.6. The number of halogens is 1. The molecule has 2 atom stereocenters. The molecule has 2 rings (SSSR count). The third-order valence-corrected chi connectivity index (χ3v) is 4.55. The van der Waals surface area contributed by atoms with Gasteiger partial charge in [0.05, 0.1) is 36.2 Å². The zero-order chi connectivity index (χ0) is 14.5. The van der Waals surface area contributed by atoms with Crippen molar-refractivity contribution < 1.29 is 14.3 Å². The molecule has 2 heterocycles. The van der Waals surface area contributed by atoms with E-state index >= 15 is 0 Å². The van der Waals surface area contributed by atoms with E-state index in [-0.39, 0.29) is 18.2 Å². The molecule has 1 aromatic rings. The van der Waals surface area contributed by atoms with E-state index in [1.807, 2.05) is 19.1 Å². The molecule has 2 amide bonds. The van der Waals surface area contributed by atoms with Gasteiger partial charge in [-0.05, 0) is 19.1 Å². The molecule has 1 aromatic heterocycles. The lowest BCUT2D eigenvalue weighted by atomic mass is 10.2. The summed E-state index contributed by atoms with van der Waals surface area (Å²) in [5.74, 6) is 0. The van der Waals surface area contributed by atoms with E-state index < -0.39 is 0 Å². The van der Waals surface area contributed by atoms with Gasteiger partial charge in [-0.2, -0.15) is 0 Å². The van der Waals surface area contributed by atoms with Crippen LogP contribution in [0, 0.1) is 0 Å². The Morgan fingerprint density at radius 2 is 2.50 bits per heavy atom. The summed E-state index contributed by atoms with van der Waals surface area (Å²) < 4.78 is 11.3. The topological polar surface area (TPSA) is 50.8 Å². The van der Waals surface area contributed by atoms with Crippen LogP contribution >= 0.6 is 22.9 Å².